The Labute approximate surface area is 144 Å². The molecular weight excluding hydrogens is 326 g/mol. The molecule has 7 nitrogen and oxygen atoms in total. The molecule has 2 bridgehead atoms. The Morgan fingerprint density at radius 2 is 2.16 bits per heavy atom. The van der Waals surface area contributed by atoms with Crippen LogP contribution in [0.15, 0.2) is 24.3 Å². The highest BCUT2D eigenvalue weighted by molar-refractivity contribution is 5.93. The third-order valence-electron chi connectivity index (χ3n) is 5.45. The van der Waals surface area contributed by atoms with Crippen LogP contribution in [-0.4, -0.2) is 37.7 Å². The molecule has 1 amide bonds. The summed E-state index contributed by atoms with van der Waals surface area (Å²) in [5, 5.41) is 2.65. The van der Waals surface area contributed by atoms with E-state index in [0.717, 1.165) is 12.8 Å². The molecule has 4 rings (SSSR count). The third kappa shape index (κ3) is 2.73. The molecule has 3 fully saturated rings. The molecule has 25 heavy (non-hydrogen) atoms. The Balaban J connectivity index is 1.33. The van der Waals surface area contributed by atoms with Crippen LogP contribution in [-0.2, 0) is 23.9 Å². The molecule has 7 heteroatoms. The summed E-state index contributed by atoms with van der Waals surface area (Å²) in [5.41, 5.74) is 0.558. The number of carbonyl (C=O) groups excluding carboxylic acids is 3. The number of amides is 1. The zero-order valence-corrected chi connectivity index (χ0v) is 13.8. The Morgan fingerprint density at radius 3 is 2.96 bits per heavy atom. The molecule has 1 aromatic rings. The highest BCUT2D eigenvalue weighted by atomic mass is 16.6. The van der Waals surface area contributed by atoms with Gasteiger partial charge in [-0.25, -0.2) is 0 Å². The molecule has 1 aliphatic heterocycles. The van der Waals surface area contributed by atoms with Crippen LogP contribution in [0.2, 0.25) is 0 Å². The van der Waals surface area contributed by atoms with Crippen LogP contribution in [0.25, 0.3) is 0 Å². The van der Waals surface area contributed by atoms with Crippen LogP contribution in [0, 0.1) is 23.7 Å². The molecule has 1 saturated heterocycles. The Kier molecular flexibility index (Phi) is 3.86. The topological polar surface area (TPSA) is 90.9 Å². The first-order chi connectivity index (χ1) is 12.1. The molecule has 3 aliphatic rings. The molecule has 0 aromatic heterocycles. The van der Waals surface area contributed by atoms with Crippen molar-refractivity contribution in [3.05, 3.63) is 24.3 Å². The van der Waals surface area contributed by atoms with Crippen molar-refractivity contribution >= 4 is 23.5 Å². The van der Waals surface area contributed by atoms with Gasteiger partial charge in [0.15, 0.2) is 6.61 Å². The predicted molar refractivity (Wildman–Crippen MR) is 85.7 cm³/mol. The minimum Gasteiger partial charge on any atom is -0.497 e. The van der Waals surface area contributed by atoms with Gasteiger partial charge in [-0.15, -0.1) is 0 Å². The summed E-state index contributed by atoms with van der Waals surface area (Å²) in [6.45, 7) is -0.380. The quantitative estimate of drug-likeness (QED) is 0.811. The Bertz CT molecular complexity index is 730. The fraction of sp³-hybridized carbons (Fsp3) is 0.500. The van der Waals surface area contributed by atoms with E-state index in [4.69, 9.17) is 14.2 Å². The highest BCUT2D eigenvalue weighted by Gasteiger charge is 2.64. The number of ether oxygens (including phenoxy) is 3. The summed E-state index contributed by atoms with van der Waals surface area (Å²) >= 11 is 0. The van der Waals surface area contributed by atoms with Crippen molar-refractivity contribution in [2.75, 3.05) is 19.0 Å². The molecule has 0 spiro atoms. The Hall–Kier alpha value is -2.57. The fourth-order valence-corrected chi connectivity index (χ4v) is 4.46. The monoisotopic (exact) mass is 345 g/mol. The minimum atomic E-state index is -0.476. The average molecular weight is 345 g/mol. The molecule has 2 aliphatic carbocycles. The molecule has 1 heterocycles. The van der Waals surface area contributed by atoms with E-state index in [2.05, 4.69) is 5.32 Å². The normalized spacial score (nSPS) is 31.6. The number of rotatable bonds is 5. The second-order valence-electron chi connectivity index (χ2n) is 6.81. The Morgan fingerprint density at radius 1 is 1.32 bits per heavy atom. The zero-order chi connectivity index (χ0) is 17.6. The maximum Gasteiger partial charge on any atom is 0.310 e. The first-order valence-corrected chi connectivity index (χ1v) is 8.38. The van der Waals surface area contributed by atoms with E-state index in [1.165, 1.54) is 7.11 Å². The van der Waals surface area contributed by atoms with E-state index in [1.807, 2.05) is 0 Å². The van der Waals surface area contributed by atoms with Crippen molar-refractivity contribution in [3.63, 3.8) is 0 Å². The lowest BCUT2D eigenvalue weighted by Gasteiger charge is -2.22. The van der Waals surface area contributed by atoms with Crippen LogP contribution < -0.4 is 10.1 Å². The van der Waals surface area contributed by atoms with Crippen LogP contribution >= 0.6 is 0 Å². The fourth-order valence-electron chi connectivity index (χ4n) is 4.46. The molecule has 5 atom stereocenters. The van der Waals surface area contributed by atoms with Gasteiger partial charge in [0.1, 0.15) is 11.9 Å². The zero-order valence-electron chi connectivity index (χ0n) is 13.8. The van der Waals surface area contributed by atoms with Gasteiger partial charge < -0.3 is 19.5 Å². The number of carbonyl (C=O) groups is 3. The van der Waals surface area contributed by atoms with Gasteiger partial charge in [-0.2, -0.15) is 0 Å². The summed E-state index contributed by atoms with van der Waals surface area (Å²) in [6.07, 6.45) is 1.53. The number of benzene rings is 1. The number of nitrogens with one attached hydrogen (secondary N) is 1. The van der Waals surface area contributed by atoms with Crippen LogP contribution in [0.4, 0.5) is 5.69 Å². The lowest BCUT2D eigenvalue weighted by Crippen LogP contribution is -2.34. The van der Waals surface area contributed by atoms with Gasteiger partial charge >= 0.3 is 11.9 Å². The van der Waals surface area contributed by atoms with Crippen molar-refractivity contribution in [2.24, 2.45) is 23.7 Å². The van der Waals surface area contributed by atoms with E-state index >= 15 is 0 Å². The number of anilines is 1. The number of hydrogen-bond donors (Lipinski definition) is 1. The smallest absolute Gasteiger partial charge is 0.310 e. The first-order valence-electron chi connectivity index (χ1n) is 8.38. The van der Waals surface area contributed by atoms with Crippen LogP contribution in [0.1, 0.15) is 12.8 Å². The summed E-state index contributed by atoms with van der Waals surface area (Å²) in [5.74, 6) is -1.18. The SMILES string of the molecule is COc1cccc(NC(=O)COC(=O)[C@@H]2[C@@H]3C[C@@H]4[C@H]2C(=O)O[C@@H]4C3)c1. The van der Waals surface area contributed by atoms with Gasteiger partial charge in [0.2, 0.25) is 0 Å². The van der Waals surface area contributed by atoms with Gasteiger partial charge in [0.05, 0.1) is 18.9 Å². The van der Waals surface area contributed by atoms with Gasteiger partial charge in [-0.3, -0.25) is 14.4 Å². The van der Waals surface area contributed by atoms with Gasteiger partial charge in [-0.1, -0.05) is 6.07 Å². The van der Waals surface area contributed by atoms with Gasteiger partial charge in [-0.05, 0) is 30.9 Å². The van der Waals surface area contributed by atoms with E-state index < -0.39 is 23.7 Å². The predicted octanol–water partition coefficient (Wildman–Crippen LogP) is 1.37. The maximum atomic E-state index is 12.4. The second kappa shape index (κ2) is 6.06. The summed E-state index contributed by atoms with van der Waals surface area (Å²) in [6, 6.07) is 6.90. The van der Waals surface area contributed by atoms with Crippen molar-refractivity contribution in [3.8, 4) is 5.75 Å². The van der Waals surface area contributed by atoms with Crippen molar-refractivity contribution in [1.82, 2.24) is 0 Å². The number of esters is 2. The molecule has 0 unspecified atom stereocenters. The largest absolute Gasteiger partial charge is 0.497 e. The first kappa shape index (κ1) is 15.9. The lowest BCUT2D eigenvalue weighted by atomic mass is 9.80. The minimum absolute atomic E-state index is 0.0251. The van der Waals surface area contributed by atoms with Gasteiger partial charge in [0, 0.05) is 17.7 Å². The molecular formula is C18H19NO6. The highest BCUT2D eigenvalue weighted by Crippen LogP contribution is 2.57. The van der Waals surface area contributed by atoms with E-state index in [9.17, 15) is 14.4 Å². The van der Waals surface area contributed by atoms with Crippen molar-refractivity contribution in [2.45, 2.75) is 18.9 Å². The summed E-state index contributed by atoms with van der Waals surface area (Å²) in [7, 11) is 1.54. The average Bonchev–Trinajstić information content (AvgIpc) is 3.22. The van der Waals surface area contributed by atoms with E-state index in [0.29, 0.717) is 11.4 Å². The van der Waals surface area contributed by atoms with Crippen molar-refractivity contribution < 1.29 is 28.6 Å². The lowest BCUT2D eigenvalue weighted by molar-refractivity contribution is -0.157. The molecule has 1 N–H and O–H groups in total. The van der Waals surface area contributed by atoms with Crippen LogP contribution in [0.3, 0.4) is 0 Å². The van der Waals surface area contributed by atoms with Gasteiger partial charge in [0.25, 0.3) is 5.91 Å². The maximum absolute atomic E-state index is 12.4. The third-order valence-corrected chi connectivity index (χ3v) is 5.45. The molecule has 132 valence electrons. The summed E-state index contributed by atoms with van der Waals surface area (Å²) < 4.78 is 15.6. The molecule has 0 radical (unpaired) electrons. The van der Waals surface area contributed by atoms with E-state index in [1.54, 1.807) is 24.3 Å². The standard InChI is InChI=1S/C18H19NO6/c1-23-11-4-2-3-10(7-11)19-14(20)8-24-17(21)15-9-5-12-13(6-9)25-18(22)16(12)15/h2-4,7,9,12-13,15-16H,5-6,8H2,1H3,(H,19,20)/t9-,12+,13-,15-,16-/m1/s1. The van der Waals surface area contributed by atoms with E-state index in [-0.39, 0.29) is 30.5 Å². The number of methoxy groups -OCH3 is 1. The van der Waals surface area contributed by atoms with Crippen LogP contribution in [0.5, 0.6) is 5.75 Å². The second-order valence-corrected chi connectivity index (χ2v) is 6.81. The number of hydrogen-bond acceptors (Lipinski definition) is 6. The molecule has 1 aromatic carbocycles. The van der Waals surface area contributed by atoms with Crippen molar-refractivity contribution in [1.29, 1.82) is 0 Å². The molecule has 2 saturated carbocycles. The number of fused-ring (bicyclic) bond motifs is 1. The summed E-state index contributed by atoms with van der Waals surface area (Å²) in [4.78, 5) is 36.3.